The Bertz CT molecular complexity index is 3800. The summed E-state index contributed by atoms with van der Waals surface area (Å²) < 4.78 is 17.2. The third kappa shape index (κ3) is 7.61. The second-order valence-corrected chi connectivity index (χ2v) is 27.3. The molecule has 8 aromatic carbocycles. The van der Waals surface area contributed by atoms with Crippen LogP contribution in [0.4, 0.5) is 34.1 Å². The fraction of sp³-hybridized carbons (Fsp3) is 0.310. The SMILES string of the molecule is CC(C)c1cccc(C(C)C)c1-n1c(-c2ccccc2)nc2cccc(-c3cc4c5c(c3)N3c6ccc(C(C)(C)C)cc6Oc6cc(C(C)(C)C)cc(c63)B5c3cc(C(C)(C)C)cc5c3N4c3ccc(C(C)(C)C)cc3O5)c21. The van der Waals surface area contributed by atoms with E-state index in [9.17, 15) is 0 Å². The van der Waals surface area contributed by atoms with Gasteiger partial charge in [0.15, 0.2) is 23.0 Å². The molecule has 0 spiro atoms. The van der Waals surface area contributed by atoms with Gasteiger partial charge in [-0.05, 0) is 143 Å². The number of nitrogens with zero attached hydrogens (tertiary/aromatic N) is 4. The summed E-state index contributed by atoms with van der Waals surface area (Å²) in [7, 11) is 0. The number of hydrogen-bond donors (Lipinski definition) is 0. The van der Waals surface area contributed by atoms with Crippen molar-refractivity contribution in [2.45, 2.75) is 144 Å². The first-order chi connectivity index (χ1) is 36.9. The van der Waals surface area contributed by atoms with E-state index >= 15 is 0 Å². The summed E-state index contributed by atoms with van der Waals surface area (Å²) in [4.78, 5) is 10.8. The molecule has 0 N–H and O–H groups in total. The normalized spacial score (nSPS) is 14.3. The maximum absolute atomic E-state index is 7.33. The fourth-order valence-corrected chi connectivity index (χ4v) is 12.7. The average molecular weight is 1030 g/mol. The van der Waals surface area contributed by atoms with E-state index in [0.717, 1.165) is 90.7 Å². The van der Waals surface area contributed by atoms with Crippen LogP contribution in [-0.2, 0) is 21.7 Å². The highest BCUT2D eigenvalue weighted by atomic mass is 16.5. The molecule has 1 aromatic heterocycles. The van der Waals surface area contributed by atoms with Crippen LogP contribution in [0.2, 0.25) is 0 Å². The van der Waals surface area contributed by atoms with E-state index in [1.807, 2.05) is 0 Å². The van der Waals surface area contributed by atoms with Crippen molar-refractivity contribution >= 4 is 68.3 Å². The van der Waals surface area contributed by atoms with Gasteiger partial charge in [-0.1, -0.05) is 196 Å². The highest BCUT2D eigenvalue weighted by Crippen LogP contribution is 2.59. The molecule has 9 aromatic rings. The predicted molar refractivity (Wildman–Crippen MR) is 329 cm³/mol. The minimum Gasteiger partial charge on any atom is -0.453 e. The van der Waals surface area contributed by atoms with E-state index in [0.29, 0.717) is 0 Å². The lowest BCUT2D eigenvalue weighted by Crippen LogP contribution is -2.62. The van der Waals surface area contributed by atoms with Crippen LogP contribution in [0.15, 0.2) is 140 Å². The number of benzene rings is 8. The molecule has 0 unspecified atom stereocenters. The number of aromatic nitrogens is 2. The Morgan fingerprint density at radius 3 is 1.35 bits per heavy atom. The standard InChI is InChI=1S/C71H73BN4O2/c1-40(2)48-24-20-25-49(41(3)4)63(48)76-64-50(26-21-27-53(64)73-67(76)42-22-18-17-19-23-42)43-32-56-62-57(33-43)75-55-31-29-45(69(8,9)10)37-59(55)78-61-39-47(71(14,15)16)35-52(66(61)75)72(62)51-34-46(70(11,12)13)38-60-65(51)74(56)54-30-28-44(68(5,6)7)36-58(54)77-60/h17-41H,1-16H3. The summed E-state index contributed by atoms with van der Waals surface area (Å²) in [6.45, 7) is 36.8. The first-order valence-electron chi connectivity index (χ1n) is 28.4. The number of rotatable bonds is 5. The molecule has 392 valence electrons. The number of fused-ring (bicyclic) bond motifs is 9. The van der Waals surface area contributed by atoms with Gasteiger partial charge in [0, 0.05) is 22.5 Å². The van der Waals surface area contributed by atoms with Gasteiger partial charge in [-0.2, -0.15) is 0 Å². The number of hydrogen-bond acceptors (Lipinski definition) is 5. The molecule has 0 saturated heterocycles. The van der Waals surface area contributed by atoms with E-state index in [2.05, 4.69) is 265 Å². The second kappa shape index (κ2) is 17.0. The molecule has 0 amide bonds. The quantitative estimate of drug-likeness (QED) is 0.161. The maximum atomic E-state index is 7.33. The van der Waals surface area contributed by atoms with Gasteiger partial charge < -0.3 is 19.3 Å². The van der Waals surface area contributed by atoms with Gasteiger partial charge in [-0.25, -0.2) is 4.98 Å². The van der Waals surface area contributed by atoms with Crippen LogP contribution in [0.25, 0.3) is 39.2 Å². The molecule has 78 heavy (non-hydrogen) atoms. The molecule has 0 saturated carbocycles. The Kier molecular flexibility index (Phi) is 10.9. The Hall–Kier alpha value is -7.51. The molecule has 0 atom stereocenters. The summed E-state index contributed by atoms with van der Waals surface area (Å²) in [6.07, 6.45) is 0. The molecule has 13 rings (SSSR count). The lowest BCUT2D eigenvalue weighted by atomic mass is 9.33. The van der Waals surface area contributed by atoms with Crippen LogP contribution in [0, 0.1) is 0 Å². The van der Waals surface area contributed by atoms with E-state index in [-0.39, 0.29) is 40.2 Å². The summed E-state index contributed by atoms with van der Waals surface area (Å²) in [5.41, 5.74) is 23.9. The van der Waals surface area contributed by atoms with Crippen molar-refractivity contribution < 1.29 is 9.47 Å². The van der Waals surface area contributed by atoms with Crippen LogP contribution in [0.1, 0.15) is 156 Å². The Morgan fingerprint density at radius 1 is 0.423 bits per heavy atom. The average Bonchev–Trinajstić information content (AvgIpc) is 2.79. The molecule has 0 aliphatic carbocycles. The Balaban J connectivity index is 1.20. The van der Waals surface area contributed by atoms with E-state index in [1.165, 1.54) is 55.5 Å². The van der Waals surface area contributed by atoms with Crippen molar-refractivity contribution in [2.75, 3.05) is 9.80 Å². The predicted octanol–water partition coefficient (Wildman–Crippen LogP) is 18.1. The molecule has 5 heterocycles. The lowest BCUT2D eigenvalue weighted by molar-refractivity contribution is 0.469. The van der Waals surface area contributed by atoms with Gasteiger partial charge in [0.25, 0.3) is 6.71 Å². The molecule has 6 nitrogen and oxygen atoms in total. The minimum atomic E-state index is -0.162. The van der Waals surface area contributed by atoms with Crippen LogP contribution in [0.5, 0.6) is 23.0 Å². The summed E-state index contributed by atoms with van der Waals surface area (Å²) in [5, 5.41) is 0. The molecule has 0 fully saturated rings. The minimum absolute atomic E-state index is 0.0875. The highest BCUT2D eigenvalue weighted by Gasteiger charge is 2.50. The molecule has 0 radical (unpaired) electrons. The summed E-state index contributed by atoms with van der Waals surface area (Å²) in [6, 6.07) is 52.8. The van der Waals surface area contributed by atoms with Gasteiger partial charge >= 0.3 is 0 Å². The Labute approximate surface area is 463 Å². The first-order valence-corrected chi connectivity index (χ1v) is 28.4. The van der Waals surface area contributed by atoms with E-state index in [1.54, 1.807) is 0 Å². The third-order valence-corrected chi connectivity index (χ3v) is 17.1. The van der Waals surface area contributed by atoms with Crippen molar-refractivity contribution in [1.29, 1.82) is 0 Å². The van der Waals surface area contributed by atoms with Crippen molar-refractivity contribution in [3.63, 3.8) is 0 Å². The summed E-state index contributed by atoms with van der Waals surface area (Å²) >= 11 is 0. The van der Waals surface area contributed by atoms with Crippen molar-refractivity contribution in [3.8, 4) is 51.2 Å². The highest BCUT2D eigenvalue weighted by molar-refractivity contribution is 7.00. The first kappa shape index (κ1) is 50.0. The zero-order valence-electron chi connectivity index (χ0n) is 48.6. The molecule has 0 bridgehead atoms. The third-order valence-electron chi connectivity index (χ3n) is 17.1. The zero-order chi connectivity index (χ0) is 54.9. The lowest BCUT2D eigenvalue weighted by Gasteiger charge is -2.48. The van der Waals surface area contributed by atoms with E-state index < -0.39 is 0 Å². The smallest absolute Gasteiger partial charge is 0.252 e. The molecular weight excluding hydrogens is 952 g/mol. The number of para-hydroxylation sites is 2. The zero-order valence-corrected chi connectivity index (χ0v) is 48.6. The number of anilines is 6. The van der Waals surface area contributed by atoms with Crippen LogP contribution >= 0.6 is 0 Å². The van der Waals surface area contributed by atoms with Gasteiger partial charge in [0.2, 0.25) is 0 Å². The second-order valence-electron chi connectivity index (χ2n) is 27.3. The van der Waals surface area contributed by atoms with Crippen molar-refractivity contribution in [2.24, 2.45) is 0 Å². The monoisotopic (exact) mass is 1020 g/mol. The van der Waals surface area contributed by atoms with Crippen LogP contribution in [0.3, 0.4) is 0 Å². The maximum Gasteiger partial charge on any atom is 0.252 e. The number of imidazole rings is 1. The topological polar surface area (TPSA) is 42.8 Å². The molecule has 4 aliphatic heterocycles. The molecular formula is C71H73BN4O2. The fourth-order valence-electron chi connectivity index (χ4n) is 12.7. The number of ether oxygens (including phenoxy) is 2. The van der Waals surface area contributed by atoms with Gasteiger partial charge in [-0.15, -0.1) is 0 Å². The van der Waals surface area contributed by atoms with Gasteiger partial charge in [0.05, 0.1) is 39.5 Å². The van der Waals surface area contributed by atoms with Crippen LogP contribution < -0.4 is 35.7 Å². The Morgan fingerprint density at radius 2 is 0.885 bits per heavy atom. The molecule has 7 heteroatoms. The van der Waals surface area contributed by atoms with E-state index in [4.69, 9.17) is 14.5 Å². The van der Waals surface area contributed by atoms with Crippen LogP contribution in [-0.4, -0.2) is 16.3 Å². The van der Waals surface area contributed by atoms with Gasteiger partial charge in [-0.3, -0.25) is 4.57 Å². The van der Waals surface area contributed by atoms with Gasteiger partial charge in [0.1, 0.15) is 5.82 Å². The van der Waals surface area contributed by atoms with Crippen molar-refractivity contribution in [1.82, 2.24) is 9.55 Å². The molecule has 4 aliphatic rings. The van der Waals surface area contributed by atoms with Crippen molar-refractivity contribution in [3.05, 3.63) is 173 Å². The summed E-state index contributed by atoms with van der Waals surface area (Å²) in [5.74, 6) is 4.95. The largest absolute Gasteiger partial charge is 0.453 e.